The molecule has 0 unspecified atom stereocenters. The predicted molar refractivity (Wildman–Crippen MR) is 169 cm³/mol. The molecule has 222 valence electrons. The molecule has 0 saturated heterocycles. The molecule has 0 fully saturated rings. The third-order valence-corrected chi connectivity index (χ3v) is 8.94. The highest BCUT2D eigenvalue weighted by atomic mass is 32.1. The number of halogens is 1. The van der Waals surface area contributed by atoms with Gasteiger partial charge in [0.15, 0.2) is 16.3 Å². The van der Waals surface area contributed by atoms with E-state index in [1.807, 2.05) is 47.8 Å². The standard InChI is InChI=1S/C34H27FN2O5S2/c1-3-41-33(39)28-29(21-11-5-4-6-12-21)36-34-37(30(28)26-17-10-18-43-26)32(38)27(44-34)19-22-14-9-16-25(40-2)31(22)42-20-23-13-7-8-15-24(23)35/h4-19,30H,3,20H2,1-2H3/b27-19-/t30-/m1/s1. The monoisotopic (exact) mass is 626 g/mol. The summed E-state index contributed by atoms with van der Waals surface area (Å²) in [4.78, 5) is 33.8. The molecule has 1 aliphatic rings. The molecule has 3 heterocycles. The Labute approximate surface area is 260 Å². The van der Waals surface area contributed by atoms with Crippen molar-refractivity contribution in [2.45, 2.75) is 19.6 Å². The minimum Gasteiger partial charge on any atom is -0.493 e. The molecule has 2 aromatic heterocycles. The van der Waals surface area contributed by atoms with Gasteiger partial charge in [-0.25, -0.2) is 14.2 Å². The first kappa shape index (κ1) is 29.3. The minimum atomic E-state index is -0.732. The Balaban J connectivity index is 1.53. The number of esters is 1. The molecule has 0 spiro atoms. The van der Waals surface area contributed by atoms with E-state index in [9.17, 15) is 14.0 Å². The van der Waals surface area contributed by atoms with Crippen molar-refractivity contribution in [3.63, 3.8) is 0 Å². The van der Waals surface area contributed by atoms with Gasteiger partial charge in [0, 0.05) is 21.6 Å². The summed E-state index contributed by atoms with van der Waals surface area (Å²) in [6.45, 7) is 1.89. The van der Waals surface area contributed by atoms with Gasteiger partial charge in [-0.2, -0.15) is 0 Å². The van der Waals surface area contributed by atoms with Gasteiger partial charge < -0.3 is 14.2 Å². The van der Waals surface area contributed by atoms with Crippen LogP contribution in [0.15, 0.2) is 106 Å². The Bertz CT molecular complexity index is 2030. The van der Waals surface area contributed by atoms with Gasteiger partial charge in [0.1, 0.15) is 18.5 Å². The highest BCUT2D eigenvalue weighted by Crippen LogP contribution is 2.37. The third kappa shape index (κ3) is 5.61. The number of aromatic nitrogens is 1. The lowest BCUT2D eigenvalue weighted by Crippen LogP contribution is -2.39. The Morgan fingerprint density at radius 2 is 1.82 bits per heavy atom. The van der Waals surface area contributed by atoms with Crippen molar-refractivity contribution in [3.05, 3.63) is 143 Å². The van der Waals surface area contributed by atoms with E-state index in [0.717, 1.165) is 10.4 Å². The lowest BCUT2D eigenvalue weighted by molar-refractivity contribution is -0.138. The SMILES string of the molecule is CCOC(=O)C1=C(c2ccccc2)N=c2s/c(=C\c3cccc(OC)c3OCc3ccccc3F)c(=O)n2[C@@H]1c1cccs1. The Kier molecular flexibility index (Phi) is 8.53. The summed E-state index contributed by atoms with van der Waals surface area (Å²) in [6.07, 6.45) is 1.71. The summed E-state index contributed by atoms with van der Waals surface area (Å²) >= 11 is 2.66. The van der Waals surface area contributed by atoms with E-state index in [2.05, 4.69) is 0 Å². The number of ether oxygens (including phenoxy) is 3. The average Bonchev–Trinajstić information content (AvgIpc) is 3.69. The van der Waals surface area contributed by atoms with E-state index in [1.54, 1.807) is 54.0 Å². The number of hydrogen-bond acceptors (Lipinski definition) is 8. The first-order valence-electron chi connectivity index (χ1n) is 13.8. The zero-order chi connectivity index (χ0) is 30.6. The Morgan fingerprint density at radius 1 is 1.02 bits per heavy atom. The van der Waals surface area contributed by atoms with Gasteiger partial charge >= 0.3 is 5.97 Å². The summed E-state index contributed by atoms with van der Waals surface area (Å²) in [5.74, 6) is -0.0942. The molecule has 1 atom stereocenters. The Morgan fingerprint density at radius 3 is 2.55 bits per heavy atom. The smallest absolute Gasteiger partial charge is 0.338 e. The number of para-hydroxylation sites is 1. The van der Waals surface area contributed by atoms with E-state index in [-0.39, 0.29) is 24.6 Å². The maximum Gasteiger partial charge on any atom is 0.338 e. The van der Waals surface area contributed by atoms with Crippen LogP contribution in [0.1, 0.15) is 34.5 Å². The van der Waals surface area contributed by atoms with Crippen molar-refractivity contribution < 1.29 is 23.4 Å². The van der Waals surface area contributed by atoms with E-state index in [1.165, 1.54) is 35.8 Å². The molecular formula is C34H27FN2O5S2. The number of rotatable bonds is 9. The van der Waals surface area contributed by atoms with Gasteiger partial charge in [0.25, 0.3) is 5.56 Å². The molecule has 0 bridgehead atoms. The van der Waals surface area contributed by atoms with Crippen LogP contribution in [0, 0.1) is 5.82 Å². The van der Waals surface area contributed by atoms with E-state index >= 15 is 0 Å². The molecule has 3 aromatic carbocycles. The van der Waals surface area contributed by atoms with E-state index in [4.69, 9.17) is 19.2 Å². The quantitative estimate of drug-likeness (QED) is 0.196. The van der Waals surface area contributed by atoms with Crippen molar-refractivity contribution in [3.8, 4) is 11.5 Å². The fourth-order valence-electron chi connectivity index (χ4n) is 5.02. The van der Waals surface area contributed by atoms with Crippen molar-refractivity contribution in [2.24, 2.45) is 4.99 Å². The maximum atomic E-state index is 14.3. The molecular weight excluding hydrogens is 600 g/mol. The second-order valence-corrected chi connectivity index (χ2v) is 11.7. The first-order valence-corrected chi connectivity index (χ1v) is 15.5. The number of thiophene rings is 1. The molecule has 0 saturated carbocycles. The van der Waals surface area contributed by atoms with Gasteiger partial charge in [-0.3, -0.25) is 9.36 Å². The van der Waals surface area contributed by atoms with Crippen LogP contribution in [0.3, 0.4) is 0 Å². The molecule has 10 heteroatoms. The van der Waals surface area contributed by atoms with Crippen molar-refractivity contribution >= 4 is 40.4 Å². The average molecular weight is 627 g/mol. The lowest BCUT2D eigenvalue weighted by Gasteiger charge is -2.24. The normalized spacial score (nSPS) is 14.6. The second-order valence-electron chi connectivity index (χ2n) is 9.71. The first-order chi connectivity index (χ1) is 21.5. The number of fused-ring (bicyclic) bond motifs is 1. The van der Waals surface area contributed by atoms with Gasteiger partial charge in [-0.1, -0.05) is 78.1 Å². The van der Waals surface area contributed by atoms with Gasteiger partial charge in [-0.15, -0.1) is 11.3 Å². The van der Waals surface area contributed by atoms with Crippen LogP contribution in [0.2, 0.25) is 0 Å². The third-order valence-electron chi connectivity index (χ3n) is 7.03. The molecule has 5 aromatic rings. The van der Waals surface area contributed by atoms with Crippen molar-refractivity contribution in [1.29, 1.82) is 0 Å². The zero-order valence-electron chi connectivity index (χ0n) is 23.9. The van der Waals surface area contributed by atoms with Gasteiger partial charge in [-0.05, 0) is 36.6 Å². The predicted octanol–water partition coefficient (Wildman–Crippen LogP) is 5.72. The maximum absolute atomic E-state index is 14.3. The lowest BCUT2D eigenvalue weighted by atomic mass is 9.97. The molecule has 0 aliphatic carbocycles. The molecule has 44 heavy (non-hydrogen) atoms. The zero-order valence-corrected chi connectivity index (χ0v) is 25.5. The number of benzene rings is 3. The number of hydrogen-bond donors (Lipinski definition) is 0. The molecule has 0 N–H and O–H groups in total. The van der Waals surface area contributed by atoms with Gasteiger partial charge in [0.05, 0.1) is 29.5 Å². The molecule has 7 nitrogen and oxygen atoms in total. The van der Waals surface area contributed by atoms with Crippen LogP contribution in [0.25, 0.3) is 11.8 Å². The molecule has 0 radical (unpaired) electrons. The molecule has 0 amide bonds. The van der Waals surface area contributed by atoms with E-state index < -0.39 is 12.0 Å². The minimum absolute atomic E-state index is 0.0309. The van der Waals surface area contributed by atoms with Crippen molar-refractivity contribution in [2.75, 3.05) is 13.7 Å². The largest absolute Gasteiger partial charge is 0.493 e. The summed E-state index contributed by atoms with van der Waals surface area (Å²) in [5, 5.41) is 1.91. The summed E-state index contributed by atoms with van der Waals surface area (Å²) < 4.78 is 33.4. The Hall–Kier alpha value is -4.80. The van der Waals surface area contributed by atoms with Crippen molar-refractivity contribution in [1.82, 2.24) is 4.57 Å². The van der Waals surface area contributed by atoms with Crippen LogP contribution in [0.4, 0.5) is 4.39 Å². The van der Waals surface area contributed by atoms with Crippen LogP contribution < -0.4 is 24.4 Å². The van der Waals surface area contributed by atoms with Gasteiger partial charge in [0.2, 0.25) is 0 Å². The highest BCUT2D eigenvalue weighted by molar-refractivity contribution is 7.10. The fourth-order valence-corrected chi connectivity index (χ4v) is 6.84. The number of nitrogens with zero attached hydrogens (tertiary/aromatic N) is 2. The highest BCUT2D eigenvalue weighted by Gasteiger charge is 2.35. The summed E-state index contributed by atoms with van der Waals surface area (Å²) in [6, 6.07) is 24.2. The second kappa shape index (κ2) is 12.8. The van der Waals surface area contributed by atoms with Crippen LogP contribution in [0.5, 0.6) is 11.5 Å². The molecule has 6 rings (SSSR count). The summed E-state index contributed by atoms with van der Waals surface area (Å²) in [5.41, 5.74) is 2.15. The number of methoxy groups -OCH3 is 1. The topological polar surface area (TPSA) is 79.1 Å². The van der Waals surface area contributed by atoms with E-state index in [0.29, 0.717) is 43.2 Å². The van der Waals surface area contributed by atoms with Crippen LogP contribution >= 0.6 is 22.7 Å². The fraction of sp³-hybridized carbons (Fsp3) is 0.147. The molecule has 1 aliphatic heterocycles. The summed E-state index contributed by atoms with van der Waals surface area (Å²) in [7, 11) is 1.52. The number of thiazole rings is 1. The van der Waals surface area contributed by atoms with Crippen LogP contribution in [-0.4, -0.2) is 24.3 Å². The number of carbonyl (C=O) groups excluding carboxylic acids is 1. The number of carbonyl (C=O) groups is 1. The van der Waals surface area contributed by atoms with Crippen LogP contribution in [-0.2, 0) is 16.1 Å².